The molecule has 8 heteroatoms. The third kappa shape index (κ3) is 4.34. The van der Waals surface area contributed by atoms with E-state index in [1.165, 1.54) is 6.26 Å². The van der Waals surface area contributed by atoms with Gasteiger partial charge in [-0.25, -0.2) is 18.1 Å². The molecule has 0 saturated heterocycles. The molecule has 31 heavy (non-hydrogen) atoms. The molecule has 0 unspecified atom stereocenters. The minimum atomic E-state index is -3.25. The first-order valence-electron chi connectivity index (χ1n) is 9.86. The van der Waals surface area contributed by atoms with Crippen molar-refractivity contribution in [3.63, 3.8) is 0 Å². The summed E-state index contributed by atoms with van der Waals surface area (Å²) in [6, 6.07) is 17.9. The molecular weight excluding hydrogens is 412 g/mol. The van der Waals surface area contributed by atoms with Crippen molar-refractivity contribution in [1.29, 1.82) is 0 Å². The molecule has 0 spiro atoms. The molecule has 0 atom stereocenters. The van der Waals surface area contributed by atoms with Gasteiger partial charge in [-0.05, 0) is 30.7 Å². The van der Waals surface area contributed by atoms with E-state index in [-0.39, 0.29) is 17.3 Å². The van der Waals surface area contributed by atoms with E-state index in [1.54, 1.807) is 41.2 Å². The molecule has 4 rings (SSSR count). The van der Waals surface area contributed by atoms with E-state index in [0.717, 1.165) is 11.1 Å². The highest BCUT2D eigenvalue weighted by Crippen LogP contribution is 2.25. The van der Waals surface area contributed by atoms with Crippen LogP contribution in [0.1, 0.15) is 22.8 Å². The lowest BCUT2D eigenvalue weighted by Gasteiger charge is -2.10. The maximum atomic E-state index is 13.1. The van der Waals surface area contributed by atoms with Gasteiger partial charge >= 0.3 is 0 Å². The Balaban J connectivity index is 1.65. The Morgan fingerprint density at radius 1 is 1.06 bits per heavy atom. The molecule has 7 nitrogen and oxygen atoms in total. The molecule has 0 saturated carbocycles. The number of sulfone groups is 1. The Morgan fingerprint density at radius 3 is 2.42 bits per heavy atom. The van der Waals surface area contributed by atoms with Crippen LogP contribution >= 0.6 is 0 Å². The Bertz CT molecular complexity index is 1350. The number of hydrogen-bond donors (Lipinski definition) is 1. The molecule has 1 amide bonds. The lowest BCUT2D eigenvalue weighted by atomic mass is 10.1. The highest BCUT2D eigenvalue weighted by molar-refractivity contribution is 7.90. The van der Waals surface area contributed by atoms with Crippen molar-refractivity contribution in [2.45, 2.75) is 24.9 Å². The molecule has 0 aliphatic heterocycles. The molecule has 2 aromatic carbocycles. The minimum Gasteiger partial charge on any atom is -0.348 e. The summed E-state index contributed by atoms with van der Waals surface area (Å²) < 4.78 is 25.0. The number of carbonyl (C=O) groups excluding carboxylic acids is 1. The normalized spacial score (nSPS) is 11.5. The molecule has 0 bridgehead atoms. The van der Waals surface area contributed by atoms with Crippen LogP contribution in [-0.2, 0) is 22.9 Å². The van der Waals surface area contributed by atoms with E-state index >= 15 is 0 Å². The van der Waals surface area contributed by atoms with E-state index in [2.05, 4.69) is 10.4 Å². The van der Waals surface area contributed by atoms with Crippen molar-refractivity contribution >= 4 is 26.8 Å². The van der Waals surface area contributed by atoms with Gasteiger partial charge in [-0.3, -0.25) is 4.79 Å². The zero-order valence-electron chi connectivity index (χ0n) is 17.2. The zero-order valence-corrected chi connectivity index (χ0v) is 18.1. The van der Waals surface area contributed by atoms with Crippen LogP contribution in [0.4, 0.5) is 0 Å². The first-order chi connectivity index (χ1) is 14.9. The van der Waals surface area contributed by atoms with Crippen LogP contribution in [0.2, 0.25) is 0 Å². The van der Waals surface area contributed by atoms with Crippen molar-refractivity contribution in [2.75, 3.05) is 6.26 Å². The van der Waals surface area contributed by atoms with E-state index in [9.17, 15) is 13.2 Å². The molecule has 2 aromatic heterocycles. The summed E-state index contributed by atoms with van der Waals surface area (Å²) >= 11 is 0. The summed E-state index contributed by atoms with van der Waals surface area (Å²) in [5, 5.41) is 7.96. The maximum absolute atomic E-state index is 13.1. The van der Waals surface area contributed by atoms with E-state index < -0.39 is 9.84 Å². The van der Waals surface area contributed by atoms with Gasteiger partial charge in [0.1, 0.15) is 0 Å². The molecule has 2 heterocycles. The van der Waals surface area contributed by atoms with Crippen molar-refractivity contribution < 1.29 is 13.2 Å². The fourth-order valence-corrected chi connectivity index (χ4v) is 3.99. The molecule has 158 valence electrons. The smallest absolute Gasteiger partial charge is 0.252 e. The molecule has 1 N–H and O–H groups in total. The average Bonchev–Trinajstić information content (AvgIpc) is 3.20. The fraction of sp³-hybridized carbons (Fsp3) is 0.174. The van der Waals surface area contributed by atoms with Gasteiger partial charge < -0.3 is 5.32 Å². The maximum Gasteiger partial charge on any atom is 0.252 e. The predicted molar refractivity (Wildman–Crippen MR) is 119 cm³/mol. The monoisotopic (exact) mass is 434 g/mol. The number of aromatic nitrogens is 3. The number of benzene rings is 2. The van der Waals surface area contributed by atoms with E-state index in [1.807, 2.05) is 37.3 Å². The third-order valence-electron chi connectivity index (χ3n) is 5.03. The number of nitrogens with one attached hydrogen (secondary N) is 1. The largest absolute Gasteiger partial charge is 0.348 e. The Kier molecular flexibility index (Phi) is 5.56. The Labute approximate surface area is 180 Å². The number of carbonyl (C=O) groups is 1. The zero-order chi connectivity index (χ0) is 22.0. The van der Waals surface area contributed by atoms with Gasteiger partial charge in [-0.1, -0.05) is 42.5 Å². The summed E-state index contributed by atoms with van der Waals surface area (Å²) in [4.78, 5) is 18.0. The van der Waals surface area contributed by atoms with Gasteiger partial charge in [0.25, 0.3) is 5.91 Å². The molecule has 0 aliphatic carbocycles. The van der Waals surface area contributed by atoms with Crippen LogP contribution in [0.15, 0.2) is 71.8 Å². The number of rotatable bonds is 6. The van der Waals surface area contributed by atoms with Crippen molar-refractivity contribution in [3.05, 3.63) is 78.0 Å². The summed E-state index contributed by atoms with van der Waals surface area (Å²) in [6.45, 7) is 2.89. The number of pyridine rings is 1. The van der Waals surface area contributed by atoms with Crippen molar-refractivity contribution in [3.8, 4) is 11.3 Å². The average molecular weight is 435 g/mol. The number of fused-ring (bicyclic) bond motifs is 1. The second-order valence-corrected chi connectivity index (χ2v) is 9.23. The number of nitrogens with zero attached hydrogens (tertiary/aromatic N) is 3. The second-order valence-electron chi connectivity index (χ2n) is 7.22. The van der Waals surface area contributed by atoms with Crippen LogP contribution in [-0.4, -0.2) is 35.3 Å². The standard InChI is InChI=1S/C23H22N4O3S/c1-3-27-22-20(15-25-27)19(13-21(26-22)17-7-5-4-6-8-17)23(28)24-14-16-9-11-18(12-10-16)31(2,29)30/h4-13,15H,3,14H2,1-2H3,(H,24,28). The predicted octanol–water partition coefficient (Wildman–Crippen LogP) is 3.45. The third-order valence-corrected chi connectivity index (χ3v) is 6.16. The second kappa shape index (κ2) is 8.31. The molecule has 4 aromatic rings. The SMILES string of the molecule is CCn1ncc2c(C(=O)NCc3ccc(S(C)(=O)=O)cc3)cc(-c3ccccc3)nc21. The fourth-order valence-electron chi connectivity index (χ4n) is 3.36. The van der Waals surface area contributed by atoms with Gasteiger partial charge in [0.2, 0.25) is 0 Å². The first-order valence-corrected chi connectivity index (χ1v) is 11.7. The summed E-state index contributed by atoms with van der Waals surface area (Å²) in [5.74, 6) is -0.243. The lowest BCUT2D eigenvalue weighted by molar-refractivity contribution is 0.0952. The van der Waals surface area contributed by atoms with Crippen LogP contribution < -0.4 is 5.32 Å². The minimum absolute atomic E-state index is 0.243. The Morgan fingerprint density at radius 2 is 1.77 bits per heavy atom. The molecular formula is C23H22N4O3S. The molecule has 0 fully saturated rings. The van der Waals surface area contributed by atoms with Gasteiger partial charge in [0.05, 0.1) is 27.7 Å². The highest BCUT2D eigenvalue weighted by Gasteiger charge is 2.17. The van der Waals surface area contributed by atoms with Crippen molar-refractivity contribution in [1.82, 2.24) is 20.1 Å². The van der Waals surface area contributed by atoms with E-state index in [0.29, 0.717) is 28.8 Å². The van der Waals surface area contributed by atoms with Crippen molar-refractivity contribution in [2.24, 2.45) is 0 Å². The van der Waals surface area contributed by atoms with Crippen LogP contribution in [0.25, 0.3) is 22.3 Å². The summed E-state index contributed by atoms with van der Waals surface area (Å²) in [5.41, 5.74) is 3.58. The quantitative estimate of drug-likeness (QED) is 0.502. The first kappa shape index (κ1) is 20.7. The van der Waals surface area contributed by atoms with Gasteiger partial charge in [0.15, 0.2) is 15.5 Å². The van der Waals surface area contributed by atoms with Crippen LogP contribution in [0.3, 0.4) is 0 Å². The lowest BCUT2D eigenvalue weighted by Crippen LogP contribution is -2.23. The molecule has 0 aliphatic rings. The Hall–Kier alpha value is -3.52. The molecule has 0 radical (unpaired) electrons. The van der Waals surface area contributed by atoms with Crippen LogP contribution in [0.5, 0.6) is 0 Å². The number of aryl methyl sites for hydroxylation is 1. The number of hydrogen-bond acceptors (Lipinski definition) is 5. The van der Waals surface area contributed by atoms with E-state index in [4.69, 9.17) is 4.98 Å². The van der Waals surface area contributed by atoms with Crippen LogP contribution in [0, 0.1) is 0 Å². The van der Waals surface area contributed by atoms with Gasteiger partial charge in [-0.15, -0.1) is 0 Å². The van der Waals surface area contributed by atoms with Gasteiger partial charge in [0, 0.05) is 24.9 Å². The number of amides is 1. The highest BCUT2D eigenvalue weighted by atomic mass is 32.2. The van der Waals surface area contributed by atoms with Gasteiger partial charge in [-0.2, -0.15) is 5.10 Å². The topological polar surface area (TPSA) is 94.0 Å². The summed E-state index contributed by atoms with van der Waals surface area (Å²) in [7, 11) is -3.25. The summed E-state index contributed by atoms with van der Waals surface area (Å²) in [6.07, 6.45) is 2.83.